The Kier molecular flexibility index (Phi) is 3.95. The lowest BCUT2D eigenvalue weighted by molar-refractivity contribution is -0.126. The summed E-state index contributed by atoms with van der Waals surface area (Å²) in [6.45, 7) is 1.00. The molecule has 0 saturated carbocycles. The largest absolute Gasteiger partial charge is 0.351 e. The van der Waals surface area contributed by atoms with Crippen LogP contribution in [0.15, 0.2) is 42.7 Å². The number of piperidine rings is 1. The number of aromatic nitrogens is 1. The van der Waals surface area contributed by atoms with Crippen LogP contribution in [0, 0.1) is 11.7 Å². The van der Waals surface area contributed by atoms with Gasteiger partial charge in [0, 0.05) is 36.5 Å². The monoisotopic (exact) mass is 339 g/mol. The highest BCUT2D eigenvalue weighted by Crippen LogP contribution is 2.25. The molecule has 3 saturated heterocycles. The number of carbonyl (C=O) groups excluding carboxylic acids is 2. The molecular weight excluding hydrogens is 321 g/mol. The smallest absolute Gasteiger partial charge is 0.253 e. The Bertz CT molecular complexity index is 822. The number of nitrogens with one attached hydrogen (secondary N) is 1. The van der Waals surface area contributed by atoms with Gasteiger partial charge in [-0.15, -0.1) is 0 Å². The molecule has 2 aromatic rings. The fourth-order valence-corrected chi connectivity index (χ4v) is 3.59. The van der Waals surface area contributed by atoms with Crippen LogP contribution in [0.25, 0.3) is 11.1 Å². The van der Waals surface area contributed by atoms with Crippen molar-refractivity contribution in [2.45, 2.75) is 18.9 Å². The minimum atomic E-state index is -0.393. The average molecular weight is 339 g/mol. The van der Waals surface area contributed by atoms with E-state index in [9.17, 15) is 14.0 Å². The van der Waals surface area contributed by atoms with Gasteiger partial charge in [-0.2, -0.15) is 0 Å². The van der Waals surface area contributed by atoms with Gasteiger partial charge in [0.25, 0.3) is 5.91 Å². The molecule has 2 atom stereocenters. The number of amides is 2. The Labute approximate surface area is 144 Å². The molecule has 0 radical (unpaired) electrons. The van der Waals surface area contributed by atoms with E-state index >= 15 is 0 Å². The third kappa shape index (κ3) is 2.99. The Morgan fingerprint density at radius 2 is 1.96 bits per heavy atom. The molecule has 3 aliphatic rings. The average Bonchev–Trinajstić information content (AvgIpc) is 2.93. The predicted molar refractivity (Wildman–Crippen MR) is 90.2 cm³/mol. The fourth-order valence-electron chi connectivity index (χ4n) is 3.59. The number of hydrogen-bond donors (Lipinski definition) is 1. The molecule has 2 amide bonds. The van der Waals surface area contributed by atoms with Crippen LogP contribution in [-0.2, 0) is 4.79 Å². The van der Waals surface area contributed by atoms with Gasteiger partial charge in [-0.3, -0.25) is 14.6 Å². The molecule has 5 nitrogen and oxygen atoms in total. The van der Waals surface area contributed by atoms with Crippen LogP contribution in [-0.4, -0.2) is 40.8 Å². The second kappa shape index (κ2) is 6.27. The summed E-state index contributed by atoms with van der Waals surface area (Å²) in [7, 11) is 0. The Morgan fingerprint density at radius 3 is 2.68 bits per heavy atom. The number of benzene rings is 1. The minimum Gasteiger partial charge on any atom is -0.351 e. The number of nitrogens with zero attached hydrogens (tertiary/aromatic N) is 2. The summed E-state index contributed by atoms with van der Waals surface area (Å²) in [4.78, 5) is 30.2. The molecule has 2 bridgehead atoms. The highest BCUT2D eigenvalue weighted by molar-refractivity contribution is 5.95. The van der Waals surface area contributed by atoms with Crippen molar-refractivity contribution in [2.75, 3.05) is 13.1 Å². The molecule has 3 fully saturated rings. The predicted octanol–water partition coefficient (Wildman–Crippen LogP) is 2.24. The number of fused-ring (bicyclic) bond motifs is 4. The van der Waals surface area contributed by atoms with Crippen molar-refractivity contribution in [3.05, 3.63) is 54.1 Å². The molecule has 3 aliphatic heterocycles. The lowest BCUT2D eigenvalue weighted by Crippen LogP contribution is -2.43. The van der Waals surface area contributed by atoms with Crippen LogP contribution in [0.5, 0.6) is 0 Å². The molecule has 1 aromatic carbocycles. The lowest BCUT2D eigenvalue weighted by Gasteiger charge is -2.23. The zero-order valence-corrected chi connectivity index (χ0v) is 13.6. The van der Waals surface area contributed by atoms with Crippen molar-refractivity contribution >= 4 is 11.8 Å². The third-order valence-electron chi connectivity index (χ3n) is 4.96. The van der Waals surface area contributed by atoms with E-state index in [1.165, 1.54) is 12.4 Å². The molecular formula is C19H18FN3O2. The maximum Gasteiger partial charge on any atom is 0.253 e. The number of pyridine rings is 1. The summed E-state index contributed by atoms with van der Waals surface area (Å²) in [5, 5.41) is 2.97. The number of hydrogen-bond acceptors (Lipinski definition) is 3. The molecule has 6 heteroatoms. The van der Waals surface area contributed by atoms with E-state index < -0.39 is 5.82 Å². The molecule has 0 spiro atoms. The molecule has 25 heavy (non-hydrogen) atoms. The van der Waals surface area contributed by atoms with Crippen molar-refractivity contribution in [1.29, 1.82) is 0 Å². The summed E-state index contributed by atoms with van der Waals surface area (Å²) in [5.41, 5.74) is 1.70. The standard InChI is InChI=1S/C19H18FN3O2/c20-17-9-21-8-7-16(17)12-1-3-13(4-2-12)19(25)23-10-14-5-6-15(11-23)22-18(14)24/h1-4,7-9,14-15H,5-6,10-11H2,(H,22,24)/t14-,15+/m1/s1. The van der Waals surface area contributed by atoms with Crippen LogP contribution in [0.2, 0.25) is 0 Å². The van der Waals surface area contributed by atoms with Crippen molar-refractivity contribution in [1.82, 2.24) is 15.2 Å². The Morgan fingerprint density at radius 1 is 1.16 bits per heavy atom. The Balaban J connectivity index is 1.55. The number of halogens is 1. The van der Waals surface area contributed by atoms with Crippen LogP contribution in [0.1, 0.15) is 23.2 Å². The van der Waals surface area contributed by atoms with Crippen molar-refractivity contribution in [2.24, 2.45) is 5.92 Å². The minimum absolute atomic E-state index is 0.0420. The molecule has 1 N–H and O–H groups in total. The van der Waals surface area contributed by atoms with E-state index in [2.05, 4.69) is 10.3 Å². The zero-order valence-electron chi connectivity index (χ0n) is 13.6. The topological polar surface area (TPSA) is 62.3 Å². The summed E-state index contributed by atoms with van der Waals surface area (Å²) >= 11 is 0. The van der Waals surface area contributed by atoms with Gasteiger partial charge in [-0.05, 0) is 36.6 Å². The van der Waals surface area contributed by atoms with E-state index in [1.807, 2.05) is 0 Å². The van der Waals surface area contributed by atoms with Gasteiger partial charge in [0.15, 0.2) is 0 Å². The first-order chi connectivity index (χ1) is 12.1. The summed E-state index contributed by atoms with van der Waals surface area (Å²) < 4.78 is 13.8. The lowest BCUT2D eigenvalue weighted by atomic mass is 9.96. The normalized spacial score (nSPS) is 22.4. The van der Waals surface area contributed by atoms with Crippen molar-refractivity contribution < 1.29 is 14.0 Å². The van der Waals surface area contributed by atoms with E-state index in [-0.39, 0.29) is 23.8 Å². The van der Waals surface area contributed by atoms with Crippen molar-refractivity contribution in [3.8, 4) is 11.1 Å². The van der Waals surface area contributed by atoms with Gasteiger partial charge < -0.3 is 10.2 Å². The van der Waals surface area contributed by atoms with Crippen LogP contribution in [0.3, 0.4) is 0 Å². The van der Waals surface area contributed by atoms with Crippen molar-refractivity contribution in [3.63, 3.8) is 0 Å². The first-order valence-corrected chi connectivity index (χ1v) is 8.41. The zero-order chi connectivity index (χ0) is 17.4. The molecule has 0 unspecified atom stereocenters. The van der Waals surface area contributed by atoms with Gasteiger partial charge in [-0.1, -0.05) is 12.1 Å². The van der Waals surface area contributed by atoms with Crippen LogP contribution >= 0.6 is 0 Å². The number of rotatable bonds is 2. The second-order valence-corrected chi connectivity index (χ2v) is 6.62. The SMILES string of the molecule is O=C1N[C@H]2CC[C@@H]1CN(C(=O)c1ccc(-c3ccncc3F)cc1)C2. The maximum atomic E-state index is 13.8. The van der Waals surface area contributed by atoms with E-state index in [1.54, 1.807) is 35.2 Å². The molecule has 128 valence electrons. The molecule has 4 heterocycles. The summed E-state index contributed by atoms with van der Waals surface area (Å²) in [6.07, 6.45) is 4.46. The number of carbonyl (C=O) groups is 2. The highest BCUT2D eigenvalue weighted by atomic mass is 19.1. The van der Waals surface area contributed by atoms with Gasteiger partial charge in [0.05, 0.1) is 12.1 Å². The first-order valence-electron chi connectivity index (χ1n) is 8.41. The summed E-state index contributed by atoms with van der Waals surface area (Å²) in [5.74, 6) is -0.548. The molecule has 1 aromatic heterocycles. The molecule has 5 rings (SSSR count). The molecule has 0 aliphatic carbocycles. The van der Waals surface area contributed by atoms with E-state index in [0.717, 1.165) is 12.8 Å². The van der Waals surface area contributed by atoms with Crippen LogP contribution in [0.4, 0.5) is 4.39 Å². The quantitative estimate of drug-likeness (QED) is 0.913. The van der Waals surface area contributed by atoms with Gasteiger partial charge in [0.1, 0.15) is 5.82 Å². The van der Waals surface area contributed by atoms with Gasteiger partial charge in [-0.25, -0.2) is 4.39 Å². The van der Waals surface area contributed by atoms with E-state index in [4.69, 9.17) is 0 Å². The first kappa shape index (κ1) is 15.7. The van der Waals surface area contributed by atoms with Crippen LogP contribution < -0.4 is 5.32 Å². The fraction of sp³-hybridized carbons (Fsp3) is 0.316. The second-order valence-electron chi connectivity index (χ2n) is 6.62. The third-order valence-corrected chi connectivity index (χ3v) is 4.96. The Hall–Kier alpha value is -2.76. The maximum absolute atomic E-state index is 13.8. The van der Waals surface area contributed by atoms with E-state index in [0.29, 0.717) is 29.8 Å². The summed E-state index contributed by atoms with van der Waals surface area (Å²) in [6, 6.07) is 8.54. The highest BCUT2D eigenvalue weighted by Gasteiger charge is 2.36. The van der Waals surface area contributed by atoms with Gasteiger partial charge in [0.2, 0.25) is 5.91 Å². The van der Waals surface area contributed by atoms with Gasteiger partial charge >= 0.3 is 0 Å².